The number of para-hydroxylation sites is 1. The number of carbonyl (C=O) groups is 1. The summed E-state index contributed by atoms with van der Waals surface area (Å²) in [5.41, 5.74) is 7.13. The first-order valence-electron chi connectivity index (χ1n) is 9.84. The van der Waals surface area contributed by atoms with E-state index in [1.807, 2.05) is 4.90 Å². The Balaban J connectivity index is 1.67. The molecule has 4 nitrogen and oxygen atoms in total. The van der Waals surface area contributed by atoms with Crippen LogP contribution in [-0.2, 0) is 0 Å². The van der Waals surface area contributed by atoms with Gasteiger partial charge in [-0.15, -0.1) is 0 Å². The van der Waals surface area contributed by atoms with Crippen LogP contribution < -0.4 is 10.2 Å². The third-order valence-electron chi connectivity index (χ3n) is 5.43. The van der Waals surface area contributed by atoms with Crippen LogP contribution >= 0.6 is 0 Å². The third kappa shape index (κ3) is 4.26. The molecule has 2 amide bonds. The number of carbonyl (C=O) groups excluding carboxylic acids is 1. The SMILES string of the molecule is Cc1ccc(C)c(N2CCN(C(=O)Nc3c(C)cccc3C(C)C)CC2)c1. The van der Waals surface area contributed by atoms with Crippen LogP contribution in [0.3, 0.4) is 0 Å². The molecule has 0 aromatic heterocycles. The number of piperazine rings is 1. The molecular formula is C23H31N3O. The lowest BCUT2D eigenvalue weighted by Gasteiger charge is -2.37. The number of amides is 2. The van der Waals surface area contributed by atoms with Crippen molar-refractivity contribution in [2.24, 2.45) is 0 Å². The van der Waals surface area contributed by atoms with E-state index in [0.717, 1.165) is 37.4 Å². The van der Waals surface area contributed by atoms with Crippen LogP contribution in [-0.4, -0.2) is 37.1 Å². The van der Waals surface area contributed by atoms with Gasteiger partial charge in [0.1, 0.15) is 0 Å². The van der Waals surface area contributed by atoms with E-state index in [2.05, 4.69) is 81.2 Å². The normalized spacial score (nSPS) is 14.6. The van der Waals surface area contributed by atoms with Gasteiger partial charge < -0.3 is 15.1 Å². The Morgan fingerprint density at radius 1 is 0.963 bits per heavy atom. The second-order valence-corrected chi connectivity index (χ2v) is 7.89. The van der Waals surface area contributed by atoms with Crippen LogP contribution in [0.4, 0.5) is 16.2 Å². The Bertz CT molecular complexity index is 820. The topological polar surface area (TPSA) is 35.6 Å². The molecule has 0 atom stereocenters. The molecule has 0 saturated carbocycles. The van der Waals surface area contributed by atoms with Crippen LogP contribution in [0.25, 0.3) is 0 Å². The molecule has 3 rings (SSSR count). The summed E-state index contributed by atoms with van der Waals surface area (Å²) in [6.45, 7) is 13.9. The van der Waals surface area contributed by atoms with Crippen molar-refractivity contribution in [2.75, 3.05) is 36.4 Å². The van der Waals surface area contributed by atoms with E-state index in [1.54, 1.807) is 0 Å². The molecule has 1 fully saturated rings. The highest BCUT2D eigenvalue weighted by atomic mass is 16.2. The van der Waals surface area contributed by atoms with Crippen molar-refractivity contribution >= 4 is 17.4 Å². The molecule has 1 heterocycles. The van der Waals surface area contributed by atoms with E-state index in [0.29, 0.717) is 5.92 Å². The minimum Gasteiger partial charge on any atom is -0.368 e. The Hall–Kier alpha value is -2.49. The molecule has 1 saturated heterocycles. The zero-order valence-electron chi connectivity index (χ0n) is 17.2. The number of nitrogens with one attached hydrogen (secondary N) is 1. The van der Waals surface area contributed by atoms with Crippen LogP contribution in [0, 0.1) is 20.8 Å². The maximum absolute atomic E-state index is 12.9. The monoisotopic (exact) mass is 365 g/mol. The molecule has 0 aliphatic carbocycles. The predicted octanol–water partition coefficient (Wildman–Crippen LogP) is 5.09. The highest BCUT2D eigenvalue weighted by Crippen LogP contribution is 2.28. The fraction of sp³-hybridized carbons (Fsp3) is 0.435. The lowest BCUT2D eigenvalue weighted by Crippen LogP contribution is -2.50. The van der Waals surface area contributed by atoms with Gasteiger partial charge in [-0.1, -0.05) is 44.2 Å². The van der Waals surface area contributed by atoms with Gasteiger partial charge in [0.25, 0.3) is 0 Å². The van der Waals surface area contributed by atoms with Crippen molar-refractivity contribution in [3.8, 4) is 0 Å². The van der Waals surface area contributed by atoms with Crippen molar-refractivity contribution in [2.45, 2.75) is 40.5 Å². The first kappa shape index (κ1) is 19.3. The summed E-state index contributed by atoms with van der Waals surface area (Å²) in [5, 5.41) is 3.17. The standard InChI is InChI=1S/C23H31N3O/c1-16(2)20-8-6-7-19(5)22(20)24-23(27)26-13-11-25(12-14-26)21-15-17(3)9-10-18(21)4/h6-10,15-16H,11-14H2,1-5H3,(H,24,27). The minimum absolute atomic E-state index is 0.00631. The fourth-order valence-electron chi connectivity index (χ4n) is 3.74. The van der Waals surface area contributed by atoms with Crippen molar-refractivity contribution in [1.82, 2.24) is 4.90 Å². The third-order valence-corrected chi connectivity index (χ3v) is 5.43. The van der Waals surface area contributed by atoms with Gasteiger partial charge in [-0.05, 0) is 55.0 Å². The summed E-state index contributed by atoms with van der Waals surface area (Å²) in [5.74, 6) is 0.376. The summed E-state index contributed by atoms with van der Waals surface area (Å²) in [6, 6.07) is 12.8. The molecule has 0 bridgehead atoms. The van der Waals surface area contributed by atoms with Gasteiger partial charge in [0, 0.05) is 37.6 Å². The number of benzene rings is 2. The Labute approximate surface area is 163 Å². The molecule has 0 radical (unpaired) electrons. The maximum Gasteiger partial charge on any atom is 0.321 e. The van der Waals surface area contributed by atoms with Crippen LogP contribution in [0.5, 0.6) is 0 Å². The second-order valence-electron chi connectivity index (χ2n) is 7.89. The lowest BCUT2D eigenvalue weighted by atomic mass is 9.98. The molecule has 27 heavy (non-hydrogen) atoms. The molecule has 2 aromatic rings. The Morgan fingerprint density at radius 3 is 2.33 bits per heavy atom. The number of rotatable bonds is 3. The van der Waals surface area contributed by atoms with Gasteiger partial charge in [-0.2, -0.15) is 0 Å². The number of anilines is 2. The van der Waals surface area contributed by atoms with Crippen molar-refractivity contribution in [1.29, 1.82) is 0 Å². The second kappa shape index (κ2) is 8.03. The van der Waals surface area contributed by atoms with E-state index in [4.69, 9.17) is 0 Å². The van der Waals surface area contributed by atoms with Crippen LogP contribution in [0.1, 0.15) is 42.0 Å². The molecule has 144 valence electrons. The number of aryl methyl sites for hydroxylation is 3. The maximum atomic E-state index is 12.9. The zero-order chi connectivity index (χ0) is 19.6. The smallest absolute Gasteiger partial charge is 0.321 e. The molecular weight excluding hydrogens is 334 g/mol. The van der Waals surface area contributed by atoms with Gasteiger partial charge in [0.05, 0.1) is 0 Å². The highest BCUT2D eigenvalue weighted by molar-refractivity contribution is 5.91. The molecule has 0 spiro atoms. The largest absolute Gasteiger partial charge is 0.368 e. The van der Waals surface area contributed by atoms with Gasteiger partial charge in [0.2, 0.25) is 0 Å². The van der Waals surface area contributed by atoms with Gasteiger partial charge in [0.15, 0.2) is 0 Å². The van der Waals surface area contributed by atoms with E-state index >= 15 is 0 Å². The molecule has 2 aromatic carbocycles. The van der Waals surface area contributed by atoms with E-state index in [1.165, 1.54) is 22.4 Å². The van der Waals surface area contributed by atoms with E-state index in [9.17, 15) is 4.79 Å². The van der Waals surface area contributed by atoms with Gasteiger partial charge >= 0.3 is 6.03 Å². The number of urea groups is 1. The van der Waals surface area contributed by atoms with E-state index < -0.39 is 0 Å². The highest BCUT2D eigenvalue weighted by Gasteiger charge is 2.23. The van der Waals surface area contributed by atoms with Crippen LogP contribution in [0.2, 0.25) is 0 Å². The molecule has 1 aliphatic rings. The summed E-state index contributed by atoms with van der Waals surface area (Å²) in [7, 11) is 0. The summed E-state index contributed by atoms with van der Waals surface area (Å²) < 4.78 is 0. The number of nitrogens with zero attached hydrogens (tertiary/aromatic N) is 2. The van der Waals surface area contributed by atoms with Crippen molar-refractivity contribution in [3.05, 3.63) is 58.7 Å². The zero-order valence-corrected chi connectivity index (χ0v) is 17.2. The summed E-state index contributed by atoms with van der Waals surface area (Å²) in [4.78, 5) is 17.2. The first-order valence-corrected chi connectivity index (χ1v) is 9.84. The first-order chi connectivity index (χ1) is 12.9. The molecule has 0 unspecified atom stereocenters. The fourth-order valence-corrected chi connectivity index (χ4v) is 3.74. The molecule has 1 aliphatic heterocycles. The predicted molar refractivity (Wildman–Crippen MR) is 114 cm³/mol. The Kier molecular flexibility index (Phi) is 5.73. The van der Waals surface area contributed by atoms with Crippen molar-refractivity contribution in [3.63, 3.8) is 0 Å². The number of hydrogen-bond donors (Lipinski definition) is 1. The minimum atomic E-state index is 0.00631. The van der Waals surface area contributed by atoms with Gasteiger partial charge in [-0.3, -0.25) is 0 Å². The quantitative estimate of drug-likeness (QED) is 0.822. The van der Waals surface area contributed by atoms with Gasteiger partial charge in [-0.25, -0.2) is 4.79 Å². The molecule has 4 heteroatoms. The van der Waals surface area contributed by atoms with Crippen LogP contribution in [0.15, 0.2) is 36.4 Å². The molecule has 1 N–H and O–H groups in total. The Morgan fingerprint density at radius 2 is 1.67 bits per heavy atom. The summed E-state index contributed by atoms with van der Waals surface area (Å²) in [6.07, 6.45) is 0. The average molecular weight is 366 g/mol. The number of hydrogen-bond acceptors (Lipinski definition) is 2. The summed E-state index contributed by atoms with van der Waals surface area (Å²) >= 11 is 0. The lowest BCUT2D eigenvalue weighted by molar-refractivity contribution is 0.208. The average Bonchev–Trinajstić information content (AvgIpc) is 2.65. The van der Waals surface area contributed by atoms with E-state index in [-0.39, 0.29) is 6.03 Å². The van der Waals surface area contributed by atoms with Crippen molar-refractivity contribution < 1.29 is 4.79 Å².